The molecule has 29 heavy (non-hydrogen) atoms. The number of halogens is 1. The molecular weight excluding hydrogens is 380 g/mol. The Hall–Kier alpha value is -2.85. The highest BCUT2D eigenvalue weighted by molar-refractivity contribution is 6.31. The molecule has 148 valence electrons. The average Bonchev–Trinajstić information content (AvgIpc) is 3.14. The topological polar surface area (TPSA) is 34.0 Å². The summed E-state index contributed by atoms with van der Waals surface area (Å²) in [5.74, 6) is 0.958. The summed E-state index contributed by atoms with van der Waals surface area (Å²) in [5, 5.41) is 1.81. The number of anilines is 1. The molecule has 2 heterocycles. The fourth-order valence-electron chi connectivity index (χ4n) is 3.60. The van der Waals surface area contributed by atoms with E-state index in [1.165, 1.54) is 0 Å². The van der Waals surface area contributed by atoms with Gasteiger partial charge in [0.15, 0.2) is 5.65 Å². The number of rotatable bonds is 6. The maximum absolute atomic E-state index is 6.42. The summed E-state index contributed by atoms with van der Waals surface area (Å²) in [6, 6.07) is 16.5. The minimum Gasteiger partial charge on any atom is -0.359 e. The van der Waals surface area contributed by atoms with E-state index in [1.54, 1.807) is 6.33 Å². The molecule has 0 saturated heterocycles. The largest absolute Gasteiger partial charge is 0.359 e. The predicted octanol–water partition coefficient (Wildman–Crippen LogP) is 6.29. The summed E-state index contributed by atoms with van der Waals surface area (Å²) in [4.78, 5) is 11.5. The van der Waals surface area contributed by atoms with Crippen molar-refractivity contribution in [3.05, 3.63) is 71.6 Å². The van der Waals surface area contributed by atoms with Crippen molar-refractivity contribution in [3.63, 3.8) is 0 Å². The quantitative estimate of drug-likeness (QED) is 0.379. The molecule has 0 aliphatic rings. The molecule has 2 aromatic heterocycles. The van der Waals surface area contributed by atoms with Gasteiger partial charge in [-0.2, -0.15) is 0 Å². The van der Waals surface area contributed by atoms with E-state index < -0.39 is 0 Å². The maximum Gasteiger partial charge on any atom is 0.150 e. The van der Waals surface area contributed by atoms with Crippen LogP contribution in [-0.4, -0.2) is 28.1 Å². The Kier molecular flexibility index (Phi) is 5.54. The van der Waals surface area contributed by atoms with E-state index in [1.807, 2.05) is 25.1 Å². The van der Waals surface area contributed by atoms with Gasteiger partial charge in [0, 0.05) is 36.1 Å². The molecular formula is C24H25ClN4. The maximum atomic E-state index is 6.42. The van der Waals surface area contributed by atoms with Crippen molar-refractivity contribution >= 4 is 28.5 Å². The van der Waals surface area contributed by atoms with Crippen LogP contribution in [0.2, 0.25) is 5.02 Å². The van der Waals surface area contributed by atoms with Gasteiger partial charge in [-0.3, -0.25) is 0 Å². The zero-order chi connectivity index (χ0) is 20.4. The fourth-order valence-corrected chi connectivity index (χ4v) is 3.78. The van der Waals surface area contributed by atoms with E-state index in [0.29, 0.717) is 0 Å². The molecule has 0 aliphatic heterocycles. The third-order valence-electron chi connectivity index (χ3n) is 5.29. The Morgan fingerprint density at radius 1 is 1.07 bits per heavy atom. The lowest BCUT2D eigenvalue weighted by Crippen LogP contribution is -2.20. The highest BCUT2D eigenvalue weighted by atomic mass is 35.5. The van der Waals surface area contributed by atoms with Crippen LogP contribution in [0.4, 0.5) is 5.82 Å². The second-order valence-corrected chi connectivity index (χ2v) is 7.79. The van der Waals surface area contributed by atoms with Gasteiger partial charge in [-0.1, -0.05) is 61.3 Å². The van der Waals surface area contributed by atoms with Crippen LogP contribution < -0.4 is 4.90 Å². The number of aryl methyl sites for hydroxylation is 1. The molecule has 0 spiro atoms. The van der Waals surface area contributed by atoms with Gasteiger partial charge in [0.2, 0.25) is 0 Å². The average molecular weight is 405 g/mol. The predicted molar refractivity (Wildman–Crippen MR) is 122 cm³/mol. The number of aromatic nitrogens is 3. The Balaban J connectivity index is 1.97. The number of unbranched alkanes of at least 4 members (excludes halogenated alkanes) is 1. The molecule has 5 heteroatoms. The molecule has 0 N–H and O–H groups in total. The monoisotopic (exact) mass is 404 g/mol. The molecule has 2 aromatic carbocycles. The van der Waals surface area contributed by atoms with Gasteiger partial charge in [-0.25, -0.2) is 9.97 Å². The summed E-state index contributed by atoms with van der Waals surface area (Å²) in [6.07, 6.45) is 6.07. The van der Waals surface area contributed by atoms with Crippen molar-refractivity contribution in [1.82, 2.24) is 14.5 Å². The Labute approximate surface area is 176 Å². The zero-order valence-electron chi connectivity index (χ0n) is 17.1. The molecule has 0 aliphatic carbocycles. The normalized spacial score (nSPS) is 11.2. The smallest absolute Gasteiger partial charge is 0.150 e. The molecule has 4 rings (SSSR count). The van der Waals surface area contributed by atoms with E-state index in [9.17, 15) is 0 Å². The molecule has 0 saturated carbocycles. The van der Waals surface area contributed by atoms with Crippen molar-refractivity contribution < 1.29 is 0 Å². The van der Waals surface area contributed by atoms with Gasteiger partial charge in [-0.05, 0) is 36.6 Å². The fraction of sp³-hybridized carbons (Fsp3) is 0.250. The highest BCUT2D eigenvalue weighted by Gasteiger charge is 2.19. The summed E-state index contributed by atoms with van der Waals surface area (Å²) < 4.78 is 2.11. The zero-order valence-corrected chi connectivity index (χ0v) is 17.8. The number of benzene rings is 2. The van der Waals surface area contributed by atoms with Crippen molar-refractivity contribution in [3.8, 4) is 16.8 Å². The Morgan fingerprint density at radius 2 is 1.86 bits per heavy atom. The third-order valence-corrected chi connectivity index (χ3v) is 5.70. The van der Waals surface area contributed by atoms with Gasteiger partial charge in [-0.15, -0.1) is 0 Å². The number of hydrogen-bond donors (Lipinski definition) is 0. The number of hydrogen-bond acceptors (Lipinski definition) is 3. The first-order chi connectivity index (χ1) is 14.1. The van der Waals surface area contributed by atoms with Crippen LogP contribution in [0.25, 0.3) is 27.8 Å². The first-order valence-corrected chi connectivity index (χ1v) is 10.4. The highest BCUT2D eigenvalue weighted by Crippen LogP contribution is 2.36. The summed E-state index contributed by atoms with van der Waals surface area (Å²) in [7, 11) is 2.10. The molecule has 0 fully saturated rings. The molecule has 4 aromatic rings. The standard InChI is InChI=1S/C24H25ClN4/c1-4-5-13-28(3)23-22-20(18-9-7-6-8-10-18)15-29(24(22)27-16-26-23)19-12-11-17(2)21(25)14-19/h6-12,14-16H,4-5,13H2,1-3H3. The Morgan fingerprint density at radius 3 is 2.59 bits per heavy atom. The second-order valence-electron chi connectivity index (χ2n) is 7.38. The lowest BCUT2D eigenvalue weighted by molar-refractivity contribution is 0.761. The molecule has 0 radical (unpaired) electrons. The molecule has 0 amide bonds. The van der Waals surface area contributed by atoms with Gasteiger partial charge in [0.05, 0.1) is 5.39 Å². The van der Waals surface area contributed by atoms with Gasteiger partial charge in [0.25, 0.3) is 0 Å². The van der Waals surface area contributed by atoms with Crippen LogP contribution in [-0.2, 0) is 0 Å². The van der Waals surface area contributed by atoms with Crippen molar-refractivity contribution in [2.24, 2.45) is 0 Å². The molecule has 4 nitrogen and oxygen atoms in total. The van der Waals surface area contributed by atoms with E-state index in [0.717, 1.165) is 63.6 Å². The minimum absolute atomic E-state index is 0.750. The van der Waals surface area contributed by atoms with Crippen LogP contribution in [0.15, 0.2) is 61.1 Å². The number of fused-ring (bicyclic) bond motifs is 1. The van der Waals surface area contributed by atoms with Gasteiger partial charge >= 0.3 is 0 Å². The summed E-state index contributed by atoms with van der Waals surface area (Å²) in [6.45, 7) is 5.17. The first-order valence-electron chi connectivity index (χ1n) is 9.99. The van der Waals surface area contributed by atoms with Crippen LogP contribution in [0.1, 0.15) is 25.3 Å². The SMILES string of the molecule is CCCCN(C)c1ncnc2c1c(-c1ccccc1)cn2-c1ccc(C)c(Cl)c1. The van der Waals surface area contributed by atoms with Crippen LogP contribution in [0.5, 0.6) is 0 Å². The minimum atomic E-state index is 0.750. The first kappa shape index (κ1) is 19.5. The van der Waals surface area contributed by atoms with E-state index in [2.05, 4.69) is 69.9 Å². The van der Waals surface area contributed by atoms with Crippen LogP contribution in [0.3, 0.4) is 0 Å². The Bertz CT molecular complexity index is 1130. The van der Waals surface area contributed by atoms with E-state index in [4.69, 9.17) is 11.6 Å². The summed E-state index contributed by atoms with van der Waals surface area (Å²) in [5.41, 5.74) is 5.21. The van der Waals surface area contributed by atoms with Gasteiger partial charge in [0.1, 0.15) is 12.1 Å². The van der Waals surface area contributed by atoms with E-state index >= 15 is 0 Å². The lowest BCUT2D eigenvalue weighted by atomic mass is 10.1. The van der Waals surface area contributed by atoms with Crippen molar-refractivity contribution in [2.75, 3.05) is 18.5 Å². The summed E-state index contributed by atoms with van der Waals surface area (Å²) >= 11 is 6.42. The van der Waals surface area contributed by atoms with Crippen LogP contribution in [0, 0.1) is 6.92 Å². The second kappa shape index (κ2) is 8.26. The lowest BCUT2D eigenvalue weighted by Gasteiger charge is -2.19. The van der Waals surface area contributed by atoms with E-state index in [-0.39, 0.29) is 0 Å². The number of nitrogens with zero attached hydrogens (tertiary/aromatic N) is 4. The van der Waals surface area contributed by atoms with Crippen LogP contribution >= 0.6 is 11.6 Å². The van der Waals surface area contributed by atoms with Gasteiger partial charge < -0.3 is 9.47 Å². The molecule has 0 unspecified atom stereocenters. The molecule has 0 atom stereocenters. The third kappa shape index (κ3) is 3.73. The van der Waals surface area contributed by atoms with Crippen molar-refractivity contribution in [2.45, 2.75) is 26.7 Å². The van der Waals surface area contributed by atoms with Crippen molar-refractivity contribution in [1.29, 1.82) is 0 Å². The molecule has 0 bridgehead atoms.